The number of nitro groups is 1. The molecule has 2 N–H and O–H groups in total. The van der Waals surface area contributed by atoms with E-state index in [1.54, 1.807) is 12.1 Å². The zero-order valence-corrected chi connectivity index (χ0v) is 10.8. The van der Waals surface area contributed by atoms with Crippen LogP contribution >= 0.6 is 11.6 Å². The molecule has 8 heteroatoms. The monoisotopic (exact) mass is 296 g/mol. The van der Waals surface area contributed by atoms with Crippen molar-refractivity contribution >= 4 is 28.9 Å². The molecule has 0 saturated heterocycles. The van der Waals surface area contributed by atoms with Crippen molar-refractivity contribution in [1.29, 1.82) is 0 Å². The average Bonchev–Trinajstić information content (AvgIpc) is 2.85. The number of hydrogen-bond acceptors (Lipinski definition) is 5. The van der Waals surface area contributed by atoms with Gasteiger partial charge in [-0.3, -0.25) is 14.9 Å². The van der Waals surface area contributed by atoms with Crippen LogP contribution in [0, 0.1) is 10.1 Å². The molecule has 0 aliphatic carbocycles. The van der Waals surface area contributed by atoms with Gasteiger partial charge in [-0.15, -0.1) is 0 Å². The van der Waals surface area contributed by atoms with Gasteiger partial charge in [0.15, 0.2) is 0 Å². The molecule has 1 amide bonds. The van der Waals surface area contributed by atoms with Gasteiger partial charge in [0.2, 0.25) is 11.7 Å². The summed E-state index contributed by atoms with van der Waals surface area (Å²) in [7, 11) is 0. The van der Waals surface area contributed by atoms with E-state index >= 15 is 0 Å². The lowest BCUT2D eigenvalue weighted by atomic mass is 10.2. The van der Waals surface area contributed by atoms with Gasteiger partial charge in [-0.2, -0.15) is 0 Å². The molecule has 0 spiro atoms. The Bertz CT molecular complexity index is 654. The zero-order chi connectivity index (χ0) is 14.7. The van der Waals surface area contributed by atoms with Crippen molar-refractivity contribution in [1.82, 2.24) is 0 Å². The van der Waals surface area contributed by atoms with Crippen LogP contribution in [0.5, 0.6) is 5.75 Å². The highest BCUT2D eigenvalue weighted by Crippen LogP contribution is 2.36. The number of anilines is 1. The molecule has 104 valence electrons. The van der Waals surface area contributed by atoms with E-state index in [-0.39, 0.29) is 17.1 Å². The number of carbonyl (C=O) groups is 1. The smallest absolute Gasteiger partial charge is 0.314 e. The van der Waals surface area contributed by atoms with Crippen LogP contribution in [-0.4, -0.2) is 15.9 Å². The third-order valence-electron chi connectivity index (χ3n) is 2.44. The average molecular weight is 297 g/mol. The minimum atomic E-state index is -0.788. The third kappa shape index (κ3) is 3.07. The highest BCUT2D eigenvalue weighted by Gasteiger charge is 2.20. The van der Waals surface area contributed by atoms with E-state index in [0.717, 1.165) is 6.07 Å². The number of nitro benzene ring substituents is 1. The van der Waals surface area contributed by atoms with Gasteiger partial charge in [-0.1, -0.05) is 11.6 Å². The first kappa shape index (κ1) is 13.9. The molecule has 1 heterocycles. The highest BCUT2D eigenvalue weighted by atomic mass is 35.5. The minimum Gasteiger partial charge on any atom is -0.501 e. The molecule has 0 radical (unpaired) electrons. The van der Waals surface area contributed by atoms with Crippen LogP contribution in [-0.2, 0) is 11.2 Å². The van der Waals surface area contributed by atoms with E-state index in [1.165, 1.54) is 12.3 Å². The Labute approximate surface area is 117 Å². The fourth-order valence-electron chi connectivity index (χ4n) is 1.59. The summed E-state index contributed by atoms with van der Waals surface area (Å²) in [6, 6.07) is 5.47. The number of nitrogens with zero attached hydrogens (tertiary/aromatic N) is 1. The van der Waals surface area contributed by atoms with Crippen molar-refractivity contribution in [3.63, 3.8) is 0 Å². The van der Waals surface area contributed by atoms with Crippen LogP contribution in [0.25, 0.3) is 0 Å². The minimum absolute atomic E-state index is 0.0304. The van der Waals surface area contributed by atoms with Crippen molar-refractivity contribution in [2.75, 3.05) is 5.32 Å². The van der Waals surface area contributed by atoms with E-state index in [0.29, 0.717) is 5.76 Å². The van der Waals surface area contributed by atoms with Gasteiger partial charge in [0, 0.05) is 11.1 Å². The fraction of sp³-hybridized carbons (Fsp3) is 0.0833. The van der Waals surface area contributed by atoms with E-state index in [1.807, 2.05) is 0 Å². The number of hydrogen-bond donors (Lipinski definition) is 2. The van der Waals surface area contributed by atoms with Crippen molar-refractivity contribution in [2.45, 2.75) is 6.42 Å². The van der Waals surface area contributed by atoms with Gasteiger partial charge >= 0.3 is 5.69 Å². The summed E-state index contributed by atoms with van der Waals surface area (Å²) in [5, 5.41) is 22.8. The van der Waals surface area contributed by atoms with Crippen molar-refractivity contribution in [3.8, 4) is 5.75 Å². The topological polar surface area (TPSA) is 106 Å². The lowest BCUT2D eigenvalue weighted by molar-refractivity contribution is -0.385. The predicted molar refractivity (Wildman–Crippen MR) is 70.8 cm³/mol. The Morgan fingerprint density at radius 3 is 2.85 bits per heavy atom. The predicted octanol–water partition coefficient (Wildman–Crippen LogP) is 2.73. The van der Waals surface area contributed by atoms with E-state index in [4.69, 9.17) is 16.0 Å². The Morgan fingerprint density at radius 2 is 2.25 bits per heavy atom. The van der Waals surface area contributed by atoms with Crippen LogP contribution < -0.4 is 5.32 Å². The number of halogens is 1. The second-order valence-corrected chi connectivity index (χ2v) is 4.32. The van der Waals surface area contributed by atoms with E-state index in [2.05, 4.69) is 5.32 Å². The summed E-state index contributed by atoms with van der Waals surface area (Å²) in [5.74, 6) is -0.711. The fourth-order valence-corrected chi connectivity index (χ4v) is 1.80. The maximum atomic E-state index is 11.7. The number of benzene rings is 1. The zero-order valence-electron chi connectivity index (χ0n) is 10.00. The molecule has 1 aromatic carbocycles. The SMILES string of the molecule is O=C(Cc1ccco1)Nc1cc(Cl)cc([N+](=O)[O-])c1O. The number of rotatable bonds is 4. The molecule has 0 aliphatic rings. The Kier molecular flexibility index (Phi) is 3.90. The Morgan fingerprint density at radius 1 is 1.50 bits per heavy atom. The largest absolute Gasteiger partial charge is 0.501 e. The molecule has 0 atom stereocenters. The number of phenols is 1. The van der Waals surface area contributed by atoms with Crippen molar-refractivity contribution in [2.24, 2.45) is 0 Å². The summed E-state index contributed by atoms with van der Waals surface area (Å²) in [6.45, 7) is 0. The van der Waals surface area contributed by atoms with Crippen molar-refractivity contribution in [3.05, 3.63) is 51.4 Å². The number of aromatic hydroxyl groups is 1. The molecular weight excluding hydrogens is 288 g/mol. The first-order chi connectivity index (χ1) is 9.47. The number of carbonyl (C=O) groups excluding carboxylic acids is 1. The molecule has 20 heavy (non-hydrogen) atoms. The van der Waals surface area contributed by atoms with Crippen LogP contribution in [0.1, 0.15) is 5.76 Å². The van der Waals surface area contributed by atoms with Gasteiger partial charge < -0.3 is 14.8 Å². The van der Waals surface area contributed by atoms with Gasteiger partial charge in [0.25, 0.3) is 0 Å². The number of furan rings is 1. The quantitative estimate of drug-likeness (QED) is 0.512. The molecule has 0 aliphatic heterocycles. The maximum Gasteiger partial charge on any atom is 0.314 e. The third-order valence-corrected chi connectivity index (χ3v) is 2.66. The Hall–Kier alpha value is -2.54. The summed E-state index contributed by atoms with van der Waals surface area (Å²) in [6.07, 6.45) is 1.36. The maximum absolute atomic E-state index is 11.7. The molecule has 2 aromatic rings. The van der Waals surface area contributed by atoms with Crippen LogP contribution in [0.4, 0.5) is 11.4 Å². The molecule has 1 aromatic heterocycles. The summed E-state index contributed by atoms with van der Waals surface area (Å²) < 4.78 is 5.00. The number of phenolic OH excluding ortho intramolecular Hbond substituents is 1. The first-order valence-electron chi connectivity index (χ1n) is 5.46. The standard InChI is InChI=1S/C12H9ClN2O5/c13-7-4-9(12(17)10(5-7)15(18)19)14-11(16)6-8-2-1-3-20-8/h1-5,17H,6H2,(H,14,16). The second kappa shape index (κ2) is 5.62. The van der Waals surface area contributed by atoms with Crippen LogP contribution in [0.15, 0.2) is 34.9 Å². The van der Waals surface area contributed by atoms with E-state index < -0.39 is 22.3 Å². The molecule has 0 saturated carbocycles. The first-order valence-corrected chi connectivity index (χ1v) is 5.84. The molecule has 7 nitrogen and oxygen atoms in total. The highest BCUT2D eigenvalue weighted by molar-refractivity contribution is 6.31. The van der Waals surface area contributed by atoms with Gasteiger partial charge in [0.05, 0.1) is 23.3 Å². The van der Waals surface area contributed by atoms with Gasteiger partial charge in [-0.25, -0.2) is 0 Å². The number of amides is 1. The Balaban J connectivity index is 2.20. The molecular formula is C12H9ClN2O5. The summed E-state index contributed by atoms with van der Waals surface area (Å²) >= 11 is 5.71. The lowest BCUT2D eigenvalue weighted by Gasteiger charge is -2.07. The van der Waals surface area contributed by atoms with Crippen LogP contribution in [0.2, 0.25) is 5.02 Å². The summed E-state index contributed by atoms with van der Waals surface area (Å²) in [5.41, 5.74) is -0.702. The number of nitrogens with one attached hydrogen (secondary N) is 1. The summed E-state index contributed by atoms with van der Waals surface area (Å²) in [4.78, 5) is 21.7. The molecule has 0 fully saturated rings. The molecule has 2 rings (SSSR count). The van der Waals surface area contributed by atoms with Gasteiger partial charge in [0.1, 0.15) is 5.76 Å². The van der Waals surface area contributed by atoms with Crippen molar-refractivity contribution < 1.29 is 19.2 Å². The van der Waals surface area contributed by atoms with Crippen LogP contribution in [0.3, 0.4) is 0 Å². The molecule has 0 bridgehead atoms. The normalized spacial score (nSPS) is 10.2. The van der Waals surface area contributed by atoms with Gasteiger partial charge in [-0.05, 0) is 18.2 Å². The van der Waals surface area contributed by atoms with E-state index in [9.17, 15) is 20.0 Å². The lowest BCUT2D eigenvalue weighted by Crippen LogP contribution is -2.14. The second-order valence-electron chi connectivity index (χ2n) is 3.88. The molecule has 0 unspecified atom stereocenters.